The van der Waals surface area contributed by atoms with Gasteiger partial charge in [0.2, 0.25) is 0 Å². The number of carbonyl (C=O) groups is 1. The Kier molecular flexibility index (Phi) is 4.67. The first kappa shape index (κ1) is 17.6. The molecule has 7 nitrogen and oxygen atoms in total. The number of nitrogens with zero attached hydrogens (tertiary/aromatic N) is 4. The normalized spacial score (nSPS) is 11.9. The molecular weight excluding hydrogens is 361 g/mol. The first-order chi connectivity index (χ1) is 13.6. The van der Waals surface area contributed by atoms with Crippen molar-refractivity contribution < 1.29 is 13.6 Å². The van der Waals surface area contributed by atoms with Crippen LogP contribution in [0.4, 0.5) is 4.39 Å². The first-order valence-corrected chi connectivity index (χ1v) is 8.59. The Morgan fingerprint density at radius 2 is 2.04 bits per heavy atom. The Bertz CT molecular complexity index is 1090. The monoisotopic (exact) mass is 377 g/mol. The SMILES string of the molecule is CC(NC(=O)c1cc(-c2ccccc2F)cc(-n2cnnn2)c1)c1ccco1. The van der Waals surface area contributed by atoms with E-state index >= 15 is 0 Å². The van der Waals surface area contributed by atoms with Crippen LogP contribution in [0, 0.1) is 5.82 Å². The molecule has 4 aromatic rings. The molecule has 2 aromatic heterocycles. The maximum atomic E-state index is 14.3. The van der Waals surface area contributed by atoms with Crippen molar-refractivity contribution in [3.63, 3.8) is 0 Å². The number of halogens is 1. The van der Waals surface area contributed by atoms with Crippen LogP contribution in [-0.4, -0.2) is 26.1 Å². The van der Waals surface area contributed by atoms with Gasteiger partial charge in [0, 0.05) is 11.1 Å². The number of hydrogen-bond donors (Lipinski definition) is 1. The van der Waals surface area contributed by atoms with Crippen LogP contribution in [-0.2, 0) is 0 Å². The van der Waals surface area contributed by atoms with Crippen molar-refractivity contribution in [3.05, 3.63) is 84.3 Å². The number of amides is 1. The molecule has 1 amide bonds. The molecule has 0 aliphatic heterocycles. The second kappa shape index (κ2) is 7.43. The molecule has 0 spiro atoms. The summed E-state index contributed by atoms with van der Waals surface area (Å²) in [6.07, 6.45) is 2.96. The van der Waals surface area contributed by atoms with Crippen LogP contribution in [0.5, 0.6) is 0 Å². The van der Waals surface area contributed by atoms with Crippen LogP contribution < -0.4 is 5.32 Å². The third kappa shape index (κ3) is 3.52. The van der Waals surface area contributed by atoms with Gasteiger partial charge in [0.25, 0.3) is 5.91 Å². The molecule has 0 radical (unpaired) electrons. The Balaban J connectivity index is 1.74. The minimum atomic E-state index is -0.383. The zero-order chi connectivity index (χ0) is 19.5. The predicted molar refractivity (Wildman–Crippen MR) is 99.1 cm³/mol. The van der Waals surface area contributed by atoms with E-state index in [0.717, 1.165) is 0 Å². The molecular formula is C20H16FN5O2. The van der Waals surface area contributed by atoms with Crippen molar-refractivity contribution in [3.8, 4) is 16.8 Å². The van der Waals surface area contributed by atoms with Crippen molar-refractivity contribution >= 4 is 5.91 Å². The van der Waals surface area contributed by atoms with Gasteiger partial charge in [-0.2, -0.15) is 0 Å². The quantitative estimate of drug-likeness (QED) is 0.575. The maximum Gasteiger partial charge on any atom is 0.251 e. The third-order valence-corrected chi connectivity index (χ3v) is 4.30. The van der Waals surface area contributed by atoms with Crippen molar-refractivity contribution in [1.29, 1.82) is 0 Å². The van der Waals surface area contributed by atoms with E-state index in [0.29, 0.717) is 28.1 Å². The fourth-order valence-corrected chi connectivity index (χ4v) is 2.89. The molecule has 1 unspecified atom stereocenters. The van der Waals surface area contributed by atoms with Gasteiger partial charge in [0.05, 0.1) is 18.0 Å². The number of tetrazole rings is 1. The first-order valence-electron chi connectivity index (χ1n) is 8.59. The molecule has 1 atom stereocenters. The van der Waals surface area contributed by atoms with Gasteiger partial charge < -0.3 is 9.73 Å². The molecule has 1 N–H and O–H groups in total. The number of benzene rings is 2. The maximum absolute atomic E-state index is 14.3. The average Bonchev–Trinajstić information content (AvgIpc) is 3.42. The summed E-state index contributed by atoms with van der Waals surface area (Å²) in [5, 5.41) is 14.0. The minimum absolute atomic E-state index is 0.323. The van der Waals surface area contributed by atoms with Crippen LogP contribution in [0.3, 0.4) is 0 Å². The zero-order valence-corrected chi connectivity index (χ0v) is 14.9. The molecule has 2 aromatic carbocycles. The number of hydrogen-bond acceptors (Lipinski definition) is 5. The summed E-state index contributed by atoms with van der Waals surface area (Å²) in [6.45, 7) is 1.82. The largest absolute Gasteiger partial charge is 0.467 e. The fraction of sp³-hybridized carbons (Fsp3) is 0.100. The van der Waals surface area contributed by atoms with E-state index in [4.69, 9.17) is 4.42 Å². The lowest BCUT2D eigenvalue weighted by atomic mass is 10.0. The van der Waals surface area contributed by atoms with Crippen LogP contribution in [0.1, 0.15) is 29.1 Å². The number of nitrogens with one attached hydrogen (secondary N) is 1. The lowest BCUT2D eigenvalue weighted by Crippen LogP contribution is -2.26. The van der Waals surface area contributed by atoms with Crippen molar-refractivity contribution in [2.24, 2.45) is 0 Å². The van der Waals surface area contributed by atoms with E-state index in [2.05, 4.69) is 20.8 Å². The van der Waals surface area contributed by atoms with E-state index < -0.39 is 0 Å². The zero-order valence-electron chi connectivity index (χ0n) is 14.9. The minimum Gasteiger partial charge on any atom is -0.467 e. The summed E-state index contributed by atoms with van der Waals surface area (Å²) in [5.74, 6) is -0.0672. The van der Waals surface area contributed by atoms with E-state index in [1.165, 1.54) is 17.1 Å². The Labute approximate surface area is 159 Å². The molecule has 0 bridgehead atoms. The molecule has 0 aliphatic carbocycles. The Morgan fingerprint density at radius 1 is 1.18 bits per heavy atom. The lowest BCUT2D eigenvalue weighted by molar-refractivity contribution is 0.0935. The summed E-state index contributed by atoms with van der Waals surface area (Å²) in [7, 11) is 0. The predicted octanol–water partition coefficient (Wildman–Crippen LogP) is 3.55. The van der Waals surface area contributed by atoms with Crippen molar-refractivity contribution in [2.45, 2.75) is 13.0 Å². The fourth-order valence-electron chi connectivity index (χ4n) is 2.89. The Morgan fingerprint density at radius 3 is 2.75 bits per heavy atom. The molecule has 0 aliphatic rings. The number of rotatable bonds is 5. The molecule has 2 heterocycles. The van der Waals surface area contributed by atoms with Crippen LogP contribution in [0.2, 0.25) is 0 Å². The lowest BCUT2D eigenvalue weighted by Gasteiger charge is -2.14. The van der Waals surface area contributed by atoms with E-state index in [9.17, 15) is 9.18 Å². The molecule has 28 heavy (non-hydrogen) atoms. The summed E-state index contributed by atoms with van der Waals surface area (Å²) < 4.78 is 21.1. The van der Waals surface area contributed by atoms with Crippen LogP contribution in [0.25, 0.3) is 16.8 Å². The van der Waals surface area contributed by atoms with Gasteiger partial charge in [0.1, 0.15) is 17.9 Å². The second-order valence-electron chi connectivity index (χ2n) is 6.21. The summed E-state index contributed by atoms with van der Waals surface area (Å²) in [6, 6.07) is 14.6. The number of carbonyl (C=O) groups excluding carboxylic acids is 1. The van der Waals surface area contributed by atoms with Crippen molar-refractivity contribution in [1.82, 2.24) is 25.5 Å². The smallest absolute Gasteiger partial charge is 0.251 e. The highest BCUT2D eigenvalue weighted by molar-refractivity contribution is 5.96. The molecule has 0 fully saturated rings. The molecule has 4 rings (SSSR count). The van der Waals surface area contributed by atoms with Gasteiger partial charge in [-0.15, -0.1) is 5.10 Å². The molecule has 140 valence electrons. The van der Waals surface area contributed by atoms with Crippen LogP contribution >= 0.6 is 0 Å². The molecule has 8 heteroatoms. The van der Waals surface area contributed by atoms with Gasteiger partial charge in [0.15, 0.2) is 0 Å². The summed E-state index contributed by atoms with van der Waals surface area (Å²) >= 11 is 0. The molecule has 0 saturated heterocycles. The van der Waals surface area contributed by atoms with Crippen LogP contribution in [0.15, 0.2) is 71.6 Å². The van der Waals surface area contributed by atoms with Gasteiger partial charge >= 0.3 is 0 Å². The highest BCUT2D eigenvalue weighted by Crippen LogP contribution is 2.26. The van der Waals surface area contributed by atoms with Gasteiger partial charge in [-0.1, -0.05) is 18.2 Å². The topological polar surface area (TPSA) is 85.8 Å². The van der Waals surface area contributed by atoms with Gasteiger partial charge in [-0.25, -0.2) is 9.07 Å². The van der Waals surface area contributed by atoms with E-state index in [1.807, 2.05) is 6.92 Å². The Hall–Kier alpha value is -3.81. The van der Waals surface area contributed by atoms with Gasteiger partial charge in [-0.3, -0.25) is 4.79 Å². The standard InChI is InChI=1S/C20H16FN5O2/c1-13(19-7-4-8-28-19)23-20(27)15-9-14(17-5-2-3-6-18(17)21)10-16(11-15)26-12-22-24-25-26/h2-13H,1H3,(H,23,27). The summed E-state index contributed by atoms with van der Waals surface area (Å²) in [4.78, 5) is 12.8. The van der Waals surface area contributed by atoms with E-state index in [-0.39, 0.29) is 17.8 Å². The number of aromatic nitrogens is 4. The highest BCUT2D eigenvalue weighted by Gasteiger charge is 2.17. The van der Waals surface area contributed by atoms with Crippen molar-refractivity contribution in [2.75, 3.05) is 0 Å². The van der Waals surface area contributed by atoms with E-state index in [1.54, 1.807) is 54.8 Å². The highest BCUT2D eigenvalue weighted by atomic mass is 19.1. The number of furan rings is 1. The molecule has 0 saturated carbocycles. The van der Waals surface area contributed by atoms with Gasteiger partial charge in [-0.05, 0) is 59.3 Å². The third-order valence-electron chi connectivity index (χ3n) is 4.30. The second-order valence-corrected chi connectivity index (χ2v) is 6.21. The summed E-state index contributed by atoms with van der Waals surface area (Å²) in [5.41, 5.74) is 1.82. The average molecular weight is 377 g/mol.